The Bertz CT molecular complexity index is 932. The van der Waals surface area contributed by atoms with Crippen molar-refractivity contribution in [1.82, 2.24) is 4.98 Å². The first-order valence-corrected chi connectivity index (χ1v) is 7.74. The first kappa shape index (κ1) is 16.2. The molecule has 0 aliphatic carbocycles. The van der Waals surface area contributed by atoms with Gasteiger partial charge in [-0.1, -0.05) is 24.3 Å². The van der Waals surface area contributed by atoms with E-state index in [0.717, 1.165) is 11.4 Å². The fraction of sp³-hybridized carbons (Fsp3) is 0.0500. The van der Waals surface area contributed by atoms with E-state index in [1.807, 2.05) is 54.4 Å². The monoisotopic (exact) mass is 328 g/mol. The largest absolute Gasteiger partial charge is 0.345 e. The molecule has 2 aromatic carbocycles. The number of anilines is 3. The topological polar surface area (TPSA) is 69.0 Å². The van der Waals surface area contributed by atoms with Crippen LogP contribution in [0, 0.1) is 11.3 Å². The van der Waals surface area contributed by atoms with Gasteiger partial charge in [0.15, 0.2) is 0 Å². The summed E-state index contributed by atoms with van der Waals surface area (Å²) in [5.74, 6) is -0.321. The minimum absolute atomic E-state index is 0.308. The third-order valence-electron chi connectivity index (χ3n) is 3.76. The van der Waals surface area contributed by atoms with Gasteiger partial charge in [0.1, 0.15) is 5.69 Å². The standard InChI is InChI=1S/C20H16N4O/c1-24(17-8-3-2-4-9-17)18-10-11-22-19(13-18)20(25)23-16-7-5-6-15(12-16)14-21/h2-13H,1H3,(H,23,25). The quantitative estimate of drug-likeness (QED) is 0.786. The summed E-state index contributed by atoms with van der Waals surface area (Å²) in [6.07, 6.45) is 1.61. The predicted octanol–water partition coefficient (Wildman–Crippen LogP) is 3.97. The van der Waals surface area contributed by atoms with Crippen LogP contribution >= 0.6 is 0 Å². The zero-order chi connectivity index (χ0) is 17.6. The molecule has 0 saturated carbocycles. The molecule has 1 heterocycles. The number of aromatic nitrogens is 1. The van der Waals surface area contributed by atoms with E-state index in [-0.39, 0.29) is 5.91 Å². The smallest absolute Gasteiger partial charge is 0.274 e. The third kappa shape index (κ3) is 3.82. The van der Waals surface area contributed by atoms with Crippen LogP contribution in [-0.4, -0.2) is 17.9 Å². The lowest BCUT2D eigenvalue weighted by Gasteiger charge is -2.19. The first-order chi connectivity index (χ1) is 12.2. The van der Waals surface area contributed by atoms with Gasteiger partial charge in [-0.2, -0.15) is 5.26 Å². The maximum atomic E-state index is 12.5. The molecule has 0 atom stereocenters. The van der Waals surface area contributed by atoms with Gasteiger partial charge < -0.3 is 10.2 Å². The van der Waals surface area contributed by atoms with Crippen LogP contribution in [0.3, 0.4) is 0 Å². The van der Waals surface area contributed by atoms with Gasteiger partial charge in [-0.15, -0.1) is 0 Å². The van der Waals surface area contributed by atoms with E-state index in [2.05, 4.69) is 10.3 Å². The van der Waals surface area contributed by atoms with Crippen LogP contribution in [0.2, 0.25) is 0 Å². The summed E-state index contributed by atoms with van der Waals surface area (Å²) in [5.41, 5.74) is 3.23. The Morgan fingerprint density at radius 1 is 1.04 bits per heavy atom. The predicted molar refractivity (Wildman–Crippen MR) is 97.9 cm³/mol. The van der Waals surface area contributed by atoms with Crippen LogP contribution in [0.1, 0.15) is 16.1 Å². The zero-order valence-electron chi connectivity index (χ0n) is 13.7. The lowest BCUT2D eigenvalue weighted by Crippen LogP contribution is -2.15. The fourth-order valence-corrected chi connectivity index (χ4v) is 2.41. The lowest BCUT2D eigenvalue weighted by molar-refractivity contribution is 0.102. The number of hydrogen-bond acceptors (Lipinski definition) is 4. The highest BCUT2D eigenvalue weighted by Crippen LogP contribution is 2.23. The molecule has 0 fully saturated rings. The van der Waals surface area contributed by atoms with E-state index in [1.54, 1.807) is 36.5 Å². The number of pyridine rings is 1. The number of nitriles is 1. The number of hydrogen-bond donors (Lipinski definition) is 1. The van der Waals surface area contributed by atoms with Crippen LogP contribution in [-0.2, 0) is 0 Å². The Morgan fingerprint density at radius 2 is 1.84 bits per heavy atom. The summed E-state index contributed by atoms with van der Waals surface area (Å²) >= 11 is 0. The third-order valence-corrected chi connectivity index (χ3v) is 3.76. The number of nitrogens with zero attached hydrogens (tertiary/aromatic N) is 3. The Balaban J connectivity index is 1.81. The molecule has 3 rings (SSSR count). The number of amides is 1. The van der Waals surface area contributed by atoms with Crippen LogP contribution in [0.4, 0.5) is 17.1 Å². The summed E-state index contributed by atoms with van der Waals surface area (Å²) in [7, 11) is 1.93. The van der Waals surface area contributed by atoms with Crippen molar-refractivity contribution in [2.24, 2.45) is 0 Å². The Labute approximate surface area is 146 Å². The Morgan fingerprint density at radius 3 is 2.60 bits per heavy atom. The van der Waals surface area contributed by atoms with Crippen LogP contribution < -0.4 is 10.2 Å². The zero-order valence-corrected chi connectivity index (χ0v) is 13.7. The summed E-state index contributed by atoms with van der Waals surface area (Å²) in [4.78, 5) is 18.6. The second-order valence-electron chi connectivity index (χ2n) is 5.44. The average molecular weight is 328 g/mol. The highest BCUT2D eigenvalue weighted by Gasteiger charge is 2.11. The van der Waals surface area contributed by atoms with Crippen LogP contribution in [0.5, 0.6) is 0 Å². The molecule has 0 spiro atoms. The highest BCUT2D eigenvalue weighted by molar-refractivity contribution is 6.03. The molecule has 0 radical (unpaired) electrons. The molecular weight excluding hydrogens is 312 g/mol. The van der Waals surface area contributed by atoms with Crippen molar-refractivity contribution in [3.63, 3.8) is 0 Å². The summed E-state index contributed by atoms with van der Waals surface area (Å²) < 4.78 is 0. The van der Waals surface area contributed by atoms with Crippen molar-refractivity contribution in [3.8, 4) is 6.07 Å². The van der Waals surface area contributed by atoms with Crippen molar-refractivity contribution in [1.29, 1.82) is 5.26 Å². The molecule has 25 heavy (non-hydrogen) atoms. The van der Waals surface area contributed by atoms with Crippen LogP contribution in [0.25, 0.3) is 0 Å². The van der Waals surface area contributed by atoms with Gasteiger partial charge in [0.25, 0.3) is 5.91 Å². The van der Waals surface area contributed by atoms with Crippen molar-refractivity contribution in [2.45, 2.75) is 0 Å². The Kier molecular flexibility index (Phi) is 4.72. The molecule has 5 nitrogen and oxygen atoms in total. The van der Waals surface area contributed by atoms with E-state index >= 15 is 0 Å². The number of nitrogens with one attached hydrogen (secondary N) is 1. The van der Waals surface area contributed by atoms with E-state index < -0.39 is 0 Å². The molecule has 5 heteroatoms. The number of rotatable bonds is 4. The van der Waals surface area contributed by atoms with Crippen molar-refractivity contribution in [2.75, 3.05) is 17.3 Å². The first-order valence-electron chi connectivity index (χ1n) is 7.74. The van der Waals surface area contributed by atoms with Gasteiger partial charge in [-0.05, 0) is 42.5 Å². The van der Waals surface area contributed by atoms with E-state index in [9.17, 15) is 4.79 Å². The van der Waals surface area contributed by atoms with Gasteiger partial charge in [0.2, 0.25) is 0 Å². The molecule has 1 aromatic heterocycles. The van der Waals surface area contributed by atoms with Crippen molar-refractivity contribution >= 4 is 23.0 Å². The Hall–Kier alpha value is -3.65. The summed E-state index contributed by atoms with van der Waals surface area (Å²) in [6, 6.07) is 22.3. The van der Waals surface area contributed by atoms with E-state index in [1.165, 1.54) is 0 Å². The minimum atomic E-state index is -0.321. The highest BCUT2D eigenvalue weighted by atomic mass is 16.1. The second kappa shape index (κ2) is 7.28. The van der Waals surface area contributed by atoms with E-state index in [0.29, 0.717) is 16.9 Å². The number of carbonyl (C=O) groups excluding carboxylic acids is 1. The number of benzene rings is 2. The normalized spacial score (nSPS) is 9.92. The minimum Gasteiger partial charge on any atom is -0.345 e. The van der Waals surface area contributed by atoms with Crippen molar-refractivity contribution < 1.29 is 4.79 Å². The molecule has 3 aromatic rings. The van der Waals surface area contributed by atoms with Crippen LogP contribution in [0.15, 0.2) is 72.9 Å². The summed E-state index contributed by atoms with van der Waals surface area (Å²) in [5, 5.41) is 11.7. The molecule has 0 saturated heterocycles. The molecule has 0 aliphatic heterocycles. The molecule has 1 amide bonds. The SMILES string of the molecule is CN(c1ccccc1)c1ccnc(C(=O)Nc2cccc(C#N)c2)c1. The summed E-state index contributed by atoms with van der Waals surface area (Å²) in [6.45, 7) is 0. The van der Waals surface area contributed by atoms with Gasteiger partial charge in [0.05, 0.1) is 11.6 Å². The fourth-order valence-electron chi connectivity index (χ4n) is 2.41. The van der Waals surface area contributed by atoms with Gasteiger partial charge in [0, 0.05) is 30.3 Å². The second-order valence-corrected chi connectivity index (χ2v) is 5.44. The average Bonchev–Trinajstić information content (AvgIpc) is 2.68. The maximum Gasteiger partial charge on any atom is 0.274 e. The molecule has 0 unspecified atom stereocenters. The number of para-hydroxylation sites is 1. The van der Waals surface area contributed by atoms with Gasteiger partial charge >= 0.3 is 0 Å². The maximum absolute atomic E-state index is 12.5. The molecule has 122 valence electrons. The molecule has 0 bridgehead atoms. The van der Waals surface area contributed by atoms with E-state index in [4.69, 9.17) is 5.26 Å². The molecular formula is C20H16N4O. The lowest BCUT2D eigenvalue weighted by atomic mass is 10.2. The molecule has 1 N–H and O–H groups in total. The van der Waals surface area contributed by atoms with Crippen molar-refractivity contribution in [3.05, 3.63) is 84.2 Å². The number of carbonyl (C=O) groups is 1. The molecule has 0 aliphatic rings. The van der Waals surface area contributed by atoms with Gasteiger partial charge in [-0.25, -0.2) is 0 Å². The van der Waals surface area contributed by atoms with Gasteiger partial charge in [-0.3, -0.25) is 9.78 Å².